The molecule has 0 bridgehead atoms. The number of carbonyl (C=O) groups excluding carboxylic acids is 1. The fraction of sp³-hybridized carbons (Fsp3) is 0.500. The van der Waals surface area contributed by atoms with Crippen LogP contribution in [0.15, 0.2) is 48.5 Å². The highest BCUT2D eigenvalue weighted by Gasteiger charge is 2.22. The van der Waals surface area contributed by atoms with E-state index in [1.165, 1.54) is 38.5 Å². The Morgan fingerprint density at radius 3 is 2.53 bits per heavy atom. The molecule has 34 heavy (non-hydrogen) atoms. The lowest BCUT2D eigenvalue weighted by Gasteiger charge is -2.25. The van der Waals surface area contributed by atoms with Crippen molar-refractivity contribution in [3.63, 3.8) is 0 Å². The van der Waals surface area contributed by atoms with Gasteiger partial charge in [-0.25, -0.2) is 4.79 Å². The van der Waals surface area contributed by atoms with Crippen molar-refractivity contribution in [3.8, 4) is 11.1 Å². The van der Waals surface area contributed by atoms with E-state index in [0.717, 1.165) is 35.7 Å². The molecular formula is C28H38N2O3S. The van der Waals surface area contributed by atoms with Crippen LogP contribution in [0.3, 0.4) is 0 Å². The summed E-state index contributed by atoms with van der Waals surface area (Å²) in [6.07, 6.45) is 10.4. The Bertz CT molecular complexity index is 929. The van der Waals surface area contributed by atoms with E-state index in [1.807, 2.05) is 48.7 Å². The van der Waals surface area contributed by atoms with Gasteiger partial charge in [0.15, 0.2) is 0 Å². The quantitative estimate of drug-likeness (QED) is 0.407. The first-order valence-electron chi connectivity index (χ1n) is 12.4. The first-order valence-corrected chi connectivity index (χ1v) is 13.8. The second kappa shape index (κ2) is 13.5. The Hall–Kier alpha value is -2.31. The minimum absolute atomic E-state index is 0.343. The summed E-state index contributed by atoms with van der Waals surface area (Å²) in [7, 11) is 2.16. The average molecular weight is 483 g/mol. The molecule has 184 valence electrons. The van der Waals surface area contributed by atoms with Gasteiger partial charge >= 0.3 is 5.97 Å². The molecule has 1 saturated carbocycles. The van der Waals surface area contributed by atoms with E-state index >= 15 is 0 Å². The number of carboxylic acid groups (broad SMARTS) is 1. The minimum atomic E-state index is -1.00. The zero-order valence-corrected chi connectivity index (χ0v) is 21.3. The molecular weight excluding hydrogens is 444 g/mol. The van der Waals surface area contributed by atoms with Gasteiger partial charge < -0.3 is 15.3 Å². The number of amides is 1. The maximum Gasteiger partial charge on any atom is 0.326 e. The highest BCUT2D eigenvalue weighted by Crippen LogP contribution is 2.28. The molecule has 0 heterocycles. The third kappa shape index (κ3) is 7.88. The predicted molar refractivity (Wildman–Crippen MR) is 141 cm³/mol. The van der Waals surface area contributed by atoms with E-state index < -0.39 is 12.0 Å². The second-order valence-corrected chi connectivity index (χ2v) is 10.4. The number of hydrogen-bond acceptors (Lipinski definition) is 4. The molecule has 2 aromatic rings. The van der Waals surface area contributed by atoms with Crippen molar-refractivity contribution < 1.29 is 14.7 Å². The fourth-order valence-electron chi connectivity index (χ4n) is 4.74. The summed E-state index contributed by atoms with van der Waals surface area (Å²) in [5.41, 5.74) is 3.45. The molecule has 1 atom stereocenters. The largest absolute Gasteiger partial charge is 0.480 e. The van der Waals surface area contributed by atoms with Gasteiger partial charge in [0.25, 0.3) is 5.91 Å². The number of benzene rings is 2. The summed E-state index contributed by atoms with van der Waals surface area (Å²) in [4.78, 5) is 27.1. The summed E-state index contributed by atoms with van der Waals surface area (Å²) in [6, 6.07) is 14.9. The molecule has 3 rings (SSSR count). The van der Waals surface area contributed by atoms with Crippen LogP contribution in [-0.2, 0) is 11.3 Å². The smallest absolute Gasteiger partial charge is 0.326 e. The molecule has 1 aliphatic rings. The summed E-state index contributed by atoms with van der Waals surface area (Å²) in [5, 5.41) is 12.3. The number of carbonyl (C=O) groups is 2. The van der Waals surface area contributed by atoms with Crippen molar-refractivity contribution in [2.75, 3.05) is 25.6 Å². The summed E-state index contributed by atoms with van der Waals surface area (Å²) >= 11 is 1.57. The summed E-state index contributed by atoms with van der Waals surface area (Å²) < 4.78 is 0. The SMILES string of the molecule is CSCCC(NC(=O)c1ccc(CN(C)CCC2CCCCC2)cc1-c1ccccc1)C(=O)O. The lowest BCUT2D eigenvalue weighted by Crippen LogP contribution is -2.41. The molecule has 5 nitrogen and oxygen atoms in total. The van der Waals surface area contributed by atoms with Gasteiger partial charge in [-0.2, -0.15) is 11.8 Å². The van der Waals surface area contributed by atoms with Crippen LogP contribution in [0.4, 0.5) is 0 Å². The van der Waals surface area contributed by atoms with E-state index in [1.54, 1.807) is 11.8 Å². The van der Waals surface area contributed by atoms with E-state index in [-0.39, 0.29) is 5.91 Å². The molecule has 0 saturated heterocycles. The summed E-state index contributed by atoms with van der Waals surface area (Å²) in [6.45, 7) is 1.89. The van der Waals surface area contributed by atoms with Crippen LogP contribution in [0.25, 0.3) is 11.1 Å². The first-order chi connectivity index (χ1) is 16.5. The third-order valence-electron chi connectivity index (χ3n) is 6.72. The molecule has 1 unspecified atom stereocenters. The third-order valence-corrected chi connectivity index (χ3v) is 7.37. The Balaban J connectivity index is 1.75. The number of nitrogens with zero attached hydrogens (tertiary/aromatic N) is 1. The number of rotatable bonds is 12. The summed E-state index contributed by atoms with van der Waals surface area (Å²) in [5.74, 6) is 0.189. The number of hydrogen-bond donors (Lipinski definition) is 2. The molecule has 0 radical (unpaired) electrons. The average Bonchev–Trinajstić information content (AvgIpc) is 2.86. The van der Waals surface area contributed by atoms with Crippen molar-refractivity contribution >= 4 is 23.6 Å². The highest BCUT2D eigenvalue weighted by atomic mass is 32.2. The molecule has 0 aromatic heterocycles. The van der Waals surface area contributed by atoms with Crippen molar-refractivity contribution in [1.29, 1.82) is 0 Å². The van der Waals surface area contributed by atoms with Gasteiger partial charge in [0, 0.05) is 12.1 Å². The second-order valence-electron chi connectivity index (χ2n) is 9.42. The van der Waals surface area contributed by atoms with Gasteiger partial charge in [0.05, 0.1) is 0 Å². The Morgan fingerprint density at radius 2 is 1.85 bits per heavy atom. The molecule has 1 aliphatic carbocycles. The molecule has 2 aromatic carbocycles. The van der Waals surface area contributed by atoms with Gasteiger partial charge in [0.2, 0.25) is 0 Å². The topological polar surface area (TPSA) is 69.6 Å². The van der Waals surface area contributed by atoms with Gasteiger partial charge in [0.1, 0.15) is 6.04 Å². The van der Waals surface area contributed by atoms with E-state index in [2.05, 4.69) is 23.3 Å². The van der Waals surface area contributed by atoms with Gasteiger partial charge in [-0.3, -0.25) is 4.79 Å². The van der Waals surface area contributed by atoms with Crippen LogP contribution >= 0.6 is 11.8 Å². The Labute approximate surface area is 208 Å². The van der Waals surface area contributed by atoms with Gasteiger partial charge in [-0.1, -0.05) is 68.5 Å². The van der Waals surface area contributed by atoms with Crippen molar-refractivity contribution in [1.82, 2.24) is 10.2 Å². The van der Waals surface area contributed by atoms with Crippen LogP contribution in [-0.4, -0.2) is 53.5 Å². The van der Waals surface area contributed by atoms with Crippen molar-refractivity contribution in [2.45, 2.75) is 57.5 Å². The minimum Gasteiger partial charge on any atom is -0.480 e. The lowest BCUT2D eigenvalue weighted by molar-refractivity contribution is -0.139. The van der Waals surface area contributed by atoms with E-state index in [4.69, 9.17) is 0 Å². The van der Waals surface area contributed by atoms with Crippen LogP contribution in [0.2, 0.25) is 0 Å². The standard InChI is InChI=1S/C28H38N2O3S/c1-30(17-15-21-9-5-3-6-10-21)20-22-13-14-24(25(19-22)23-11-7-4-8-12-23)27(31)29-26(28(32)33)16-18-34-2/h4,7-8,11-14,19,21,26H,3,5-6,9-10,15-18,20H2,1-2H3,(H,29,31)(H,32,33). The zero-order chi connectivity index (χ0) is 24.3. The number of thioether (sulfide) groups is 1. The zero-order valence-electron chi connectivity index (χ0n) is 20.5. The molecule has 1 fully saturated rings. The molecule has 2 N–H and O–H groups in total. The highest BCUT2D eigenvalue weighted by molar-refractivity contribution is 7.98. The molecule has 0 aliphatic heterocycles. The number of nitrogens with one attached hydrogen (secondary N) is 1. The Morgan fingerprint density at radius 1 is 1.12 bits per heavy atom. The maximum atomic E-state index is 13.1. The maximum absolute atomic E-state index is 13.1. The molecule has 1 amide bonds. The fourth-order valence-corrected chi connectivity index (χ4v) is 5.21. The van der Waals surface area contributed by atoms with Crippen LogP contribution in [0.1, 0.15) is 60.9 Å². The molecule has 6 heteroatoms. The predicted octanol–water partition coefficient (Wildman–Crippen LogP) is 5.69. The first kappa shape index (κ1) is 26.3. The van der Waals surface area contributed by atoms with E-state index in [9.17, 15) is 14.7 Å². The van der Waals surface area contributed by atoms with Gasteiger partial charge in [-0.15, -0.1) is 0 Å². The van der Waals surface area contributed by atoms with Crippen molar-refractivity contribution in [3.05, 3.63) is 59.7 Å². The van der Waals surface area contributed by atoms with Crippen molar-refractivity contribution in [2.24, 2.45) is 5.92 Å². The normalized spacial score (nSPS) is 15.3. The number of aliphatic carboxylic acids is 1. The number of carboxylic acids is 1. The van der Waals surface area contributed by atoms with E-state index in [0.29, 0.717) is 17.7 Å². The monoisotopic (exact) mass is 482 g/mol. The van der Waals surface area contributed by atoms with Crippen LogP contribution < -0.4 is 5.32 Å². The van der Waals surface area contributed by atoms with Crippen LogP contribution in [0, 0.1) is 5.92 Å². The van der Waals surface area contributed by atoms with Crippen LogP contribution in [0.5, 0.6) is 0 Å². The lowest BCUT2D eigenvalue weighted by atomic mass is 9.87. The Kier molecular flexibility index (Phi) is 10.5. The van der Waals surface area contributed by atoms with Gasteiger partial charge in [-0.05, 0) is 73.2 Å². The molecule has 0 spiro atoms.